The summed E-state index contributed by atoms with van der Waals surface area (Å²) >= 11 is 5.66. The third-order valence-corrected chi connectivity index (χ3v) is 4.55. The Morgan fingerprint density at radius 3 is 1.91 bits per heavy atom. The number of pyridine rings is 2. The van der Waals surface area contributed by atoms with Crippen LogP contribution in [-0.4, -0.2) is 31.4 Å². The summed E-state index contributed by atoms with van der Waals surface area (Å²) in [6.07, 6.45) is 0. The molecule has 0 aliphatic rings. The Balaban J connectivity index is 0.000000383. The summed E-state index contributed by atoms with van der Waals surface area (Å²) in [5, 5.41) is 30.8. The standard InChI is InChI=1S/C14H17N3O4.C7H7ClN2O2/c1-8-6-11(17(19)20)9(2)16-12(8)10(7-15)13(18)21-14(3,4)5;1-4-3-6(10(11)12)5(2)9-7(4)8/h6,10H,1-5H3;3H,1-2H3. The van der Waals surface area contributed by atoms with Crippen LogP contribution < -0.4 is 0 Å². The SMILES string of the molecule is Cc1cc([N+](=O)[O-])c(C)nc1C(C#N)C(=O)OC(C)(C)C.Cc1cc([N+](=O)[O-])c(C)nc1Cl. The van der Waals surface area contributed by atoms with Gasteiger partial charge < -0.3 is 4.74 Å². The normalized spacial score (nSPS) is 11.5. The van der Waals surface area contributed by atoms with Crippen molar-refractivity contribution in [3.05, 3.63) is 65.7 Å². The lowest BCUT2D eigenvalue weighted by atomic mass is 10.0. The van der Waals surface area contributed by atoms with E-state index >= 15 is 0 Å². The van der Waals surface area contributed by atoms with Crippen molar-refractivity contribution in [3.63, 3.8) is 0 Å². The molecule has 2 rings (SSSR count). The molecular weight excluding hydrogens is 454 g/mol. The minimum absolute atomic E-state index is 0.0110. The number of nitro groups is 2. The number of nitriles is 1. The van der Waals surface area contributed by atoms with E-state index in [0.29, 0.717) is 22.0 Å². The second-order valence-corrected chi connectivity index (χ2v) is 8.46. The van der Waals surface area contributed by atoms with Gasteiger partial charge in [-0.05, 0) is 59.6 Å². The maximum Gasteiger partial charge on any atom is 0.330 e. The number of aromatic nitrogens is 2. The molecular formula is C21H24ClN5O6. The zero-order valence-electron chi connectivity index (χ0n) is 19.3. The number of rotatable bonds is 4. The fourth-order valence-corrected chi connectivity index (χ4v) is 2.80. The Hall–Kier alpha value is -3.65. The lowest BCUT2D eigenvalue weighted by Crippen LogP contribution is -2.28. The van der Waals surface area contributed by atoms with Crippen molar-refractivity contribution in [2.45, 2.75) is 60.0 Å². The smallest absolute Gasteiger partial charge is 0.330 e. The third-order valence-electron chi connectivity index (χ3n) is 4.17. The average Bonchev–Trinajstić information content (AvgIpc) is 2.66. The Bertz CT molecular complexity index is 1140. The number of hydrogen-bond donors (Lipinski definition) is 0. The van der Waals surface area contributed by atoms with E-state index in [2.05, 4.69) is 9.97 Å². The molecule has 0 N–H and O–H groups in total. The van der Waals surface area contributed by atoms with Crippen LogP contribution >= 0.6 is 11.6 Å². The van der Waals surface area contributed by atoms with Crippen LogP contribution in [0.4, 0.5) is 11.4 Å². The number of carbonyl (C=O) groups is 1. The minimum atomic E-state index is -1.20. The van der Waals surface area contributed by atoms with Crippen molar-refractivity contribution in [1.82, 2.24) is 9.97 Å². The Kier molecular flexibility index (Phi) is 8.95. The summed E-state index contributed by atoms with van der Waals surface area (Å²) in [6.45, 7) is 11.4. The van der Waals surface area contributed by atoms with Gasteiger partial charge in [0.05, 0.1) is 21.6 Å². The highest BCUT2D eigenvalue weighted by molar-refractivity contribution is 6.30. The average molecular weight is 478 g/mol. The highest BCUT2D eigenvalue weighted by atomic mass is 35.5. The third kappa shape index (κ3) is 7.47. The quantitative estimate of drug-likeness (QED) is 0.260. The van der Waals surface area contributed by atoms with E-state index in [1.54, 1.807) is 41.5 Å². The van der Waals surface area contributed by atoms with Gasteiger partial charge >= 0.3 is 5.97 Å². The predicted octanol–water partition coefficient (Wildman–Crippen LogP) is 4.82. The molecule has 2 aromatic heterocycles. The van der Waals surface area contributed by atoms with Crippen LogP contribution in [0.2, 0.25) is 5.15 Å². The molecule has 2 heterocycles. The lowest BCUT2D eigenvalue weighted by molar-refractivity contribution is -0.385. The maximum absolute atomic E-state index is 12.1. The van der Waals surface area contributed by atoms with Crippen LogP contribution in [0.5, 0.6) is 0 Å². The molecule has 1 atom stereocenters. The van der Waals surface area contributed by atoms with E-state index in [1.807, 2.05) is 6.07 Å². The summed E-state index contributed by atoms with van der Waals surface area (Å²) in [7, 11) is 0. The molecule has 176 valence electrons. The van der Waals surface area contributed by atoms with Crippen LogP contribution in [0.1, 0.15) is 54.9 Å². The first-order valence-corrected chi connectivity index (χ1v) is 10.00. The minimum Gasteiger partial charge on any atom is -0.459 e. The van der Waals surface area contributed by atoms with Gasteiger partial charge in [0.2, 0.25) is 0 Å². The van der Waals surface area contributed by atoms with Gasteiger partial charge in [0.15, 0.2) is 5.92 Å². The van der Waals surface area contributed by atoms with Crippen molar-refractivity contribution < 1.29 is 19.4 Å². The van der Waals surface area contributed by atoms with Gasteiger partial charge in [-0.25, -0.2) is 9.97 Å². The number of esters is 1. The molecule has 0 aromatic carbocycles. The summed E-state index contributed by atoms with van der Waals surface area (Å²) < 4.78 is 5.18. The van der Waals surface area contributed by atoms with E-state index in [1.165, 1.54) is 19.1 Å². The molecule has 0 aliphatic heterocycles. The molecule has 0 aliphatic carbocycles. The van der Waals surface area contributed by atoms with Crippen molar-refractivity contribution in [2.75, 3.05) is 0 Å². The van der Waals surface area contributed by atoms with Crippen LogP contribution in [0, 0.1) is 59.3 Å². The van der Waals surface area contributed by atoms with Crippen LogP contribution in [-0.2, 0) is 9.53 Å². The summed E-state index contributed by atoms with van der Waals surface area (Å²) in [5.74, 6) is -1.92. The van der Waals surface area contributed by atoms with Crippen LogP contribution in [0.25, 0.3) is 0 Å². The Morgan fingerprint density at radius 2 is 1.48 bits per heavy atom. The number of aryl methyl sites for hydroxylation is 4. The van der Waals surface area contributed by atoms with Gasteiger partial charge in [-0.15, -0.1) is 0 Å². The number of hydrogen-bond acceptors (Lipinski definition) is 9. The van der Waals surface area contributed by atoms with Crippen molar-refractivity contribution in [1.29, 1.82) is 5.26 Å². The topological polar surface area (TPSA) is 162 Å². The summed E-state index contributed by atoms with van der Waals surface area (Å²) in [4.78, 5) is 40.2. The first-order valence-electron chi connectivity index (χ1n) is 9.62. The Morgan fingerprint density at radius 1 is 1.03 bits per heavy atom. The van der Waals surface area contributed by atoms with E-state index < -0.39 is 27.3 Å². The van der Waals surface area contributed by atoms with Crippen molar-refractivity contribution in [2.24, 2.45) is 0 Å². The fraction of sp³-hybridized carbons (Fsp3) is 0.429. The molecule has 33 heavy (non-hydrogen) atoms. The van der Waals surface area contributed by atoms with Gasteiger partial charge in [-0.2, -0.15) is 5.26 Å². The highest BCUT2D eigenvalue weighted by Crippen LogP contribution is 2.26. The Labute approximate surface area is 195 Å². The molecule has 0 radical (unpaired) electrons. The predicted molar refractivity (Wildman–Crippen MR) is 120 cm³/mol. The van der Waals surface area contributed by atoms with Gasteiger partial charge in [0, 0.05) is 12.1 Å². The largest absolute Gasteiger partial charge is 0.459 e. The number of ether oxygens (including phenoxy) is 1. The van der Waals surface area contributed by atoms with E-state index in [9.17, 15) is 30.3 Å². The van der Waals surface area contributed by atoms with Gasteiger partial charge in [0.25, 0.3) is 11.4 Å². The number of halogens is 1. The van der Waals surface area contributed by atoms with Crippen molar-refractivity contribution in [3.8, 4) is 6.07 Å². The molecule has 0 fully saturated rings. The molecule has 11 nitrogen and oxygen atoms in total. The highest BCUT2D eigenvalue weighted by Gasteiger charge is 2.30. The molecule has 0 spiro atoms. The lowest BCUT2D eigenvalue weighted by Gasteiger charge is -2.21. The monoisotopic (exact) mass is 477 g/mol. The van der Waals surface area contributed by atoms with Gasteiger partial charge in [-0.3, -0.25) is 25.0 Å². The molecule has 2 aromatic rings. The van der Waals surface area contributed by atoms with E-state index in [4.69, 9.17) is 16.3 Å². The fourth-order valence-electron chi connectivity index (χ4n) is 2.62. The molecule has 12 heteroatoms. The number of nitrogens with zero attached hydrogens (tertiary/aromatic N) is 5. The zero-order chi connectivity index (χ0) is 25.7. The van der Waals surface area contributed by atoms with Crippen molar-refractivity contribution >= 4 is 28.9 Å². The van der Waals surface area contributed by atoms with E-state index in [-0.39, 0.29) is 22.8 Å². The van der Waals surface area contributed by atoms with Gasteiger partial charge in [-0.1, -0.05) is 11.6 Å². The van der Waals surface area contributed by atoms with E-state index in [0.717, 1.165) is 0 Å². The number of carbonyl (C=O) groups excluding carboxylic acids is 1. The summed E-state index contributed by atoms with van der Waals surface area (Å²) in [5.41, 5.74) is 0.859. The maximum atomic E-state index is 12.1. The first kappa shape index (κ1) is 27.4. The molecule has 1 unspecified atom stereocenters. The molecule has 0 saturated carbocycles. The molecule has 0 bridgehead atoms. The summed E-state index contributed by atoms with van der Waals surface area (Å²) in [6, 6.07) is 4.58. The zero-order valence-corrected chi connectivity index (χ0v) is 20.1. The second-order valence-electron chi connectivity index (χ2n) is 8.11. The molecule has 0 amide bonds. The van der Waals surface area contributed by atoms with Gasteiger partial charge in [0.1, 0.15) is 22.1 Å². The van der Waals surface area contributed by atoms with Crippen LogP contribution in [0.3, 0.4) is 0 Å². The van der Waals surface area contributed by atoms with Crippen LogP contribution in [0.15, 0.2) is 12.1 Å². The second kappa shape index (κ2) is 10.8. The molecule has 0 saturated heterocycles. The first-order chi connectivity index (χ1) is 15.1.